The van der Waals surface area contributed by atoms with Gasteiger partial charge in [0.2, 0.25) is 0 Å². The summed E-state index contributed by atoms with van der Waals surface area (Å²) in [6.45, 7) is 1.85. The SMILES string of the molecule is Cc1nc(C(=O)Nc2ccc(O)cc2)cs1. The molecular formula is C11H10N2O2S. The van der Waals surface area contributed by atoms with Gasteiger partial charge in [-0.3, -0.25) is 4.79 Å². The van der Waals surface area contributed by atoms with Crippen molar-refractivity contribution in [1.82, 2.24) is 4.98 Å². The van der Waals surface area contributed by atoms with Gasteiger partial charge in [-0.05, 0) is 31.2 Å². The van der Waals surface area contributed by atoms with Crippen LogP contribution in [-0.2, 0) is 0 Å². The van der Waals surface area contributed by atoms with E-state index in [-0.39, 0.29) is 11.7 Å². The van der Waals surface area contributed by atoms with Crippen molar-refractivity contribution in [3.8, 4) is 5.75 Å². The molecule has 1 amide bonds. The minimum atomic E-state index is -0.241. The van der Waals surface area contributed by atoms with Gasteiger partial charge in [-0.1, -0.05) is 0 Å². The molecule has 2 rings (SSSR count). The highest BCUT2D eigenvalue weighted by Gasteiger charge is 2.09. The Balaban J connectivity index is 2.10. The number of hydrogen-bond acceptors (Lipinski definition) is 4. The minimum Gasteiger partial charge on any atom is -0.508 e. The van der Waals surface area contributed by atoms with Crippen molar-refractivity contribution >= 4 is 22.9 Å². The molecular weight excluding hydrogens is 224 g/mol. The summed E-state index contributed by atoms with van der Waals surface area (Å²) in [6.07, 6.45) is 0. The summed E-state index contributed by atoms with van der Waals surface area (Å²) in [4.78, 5) is 15.8. The number of aromatic nitrogens is 1. The molecule has 4 nitrogen and oxygen atoms in total. The number of rotatable bonds is 2. The number of nitrogens with one attached hydrogen (secondary N) is 1. The lowest BCUT2D eigenvalue weighted by molar-refractivity contribution is 0.102. The van der Waals surface area contributed by atoms with Crippen molar-refractivity contribution in [2.45, 2.75) is 6.92 Å². The molecule has 0 atom stereocenters. The fourth-order valence-electron chi connectivity index (χ4n) is 1.21. The van der Waals surface area contributed by atoms with Crippen LogP contribution in [0.4, 0.5) is 5.69 Å². The zero-order valence-corrected chi connectivity index (χ0v) is 9.41. The molecule has 1 aromatic carbocycles. The molecule has 0 bridgehead atoms. The Kier molecular flexibility index (Phi) is 2.87. The van der Waals surface area contributed by atoms with Gasteiger partial charge in [-0.15, -0.1) is 11.3 Å². The number of carbonyl (C=O) groups is 1. The summed E-state index contributed by atoms with van der Waals surface area (Å²) in [6, 6.07) is 6.29. The maximum atomic E-state index is 11.7. The molecule has 1 aromatic heterocycles. The van der Waals surface area contributed by atoms with Crippen LogP contribution >= 0.6 is 11.3 Å². The molecule has 2 aromatic rings. The minimum absolute atomic E-state index is 0.169. The van der Waals surface area contributed by atoms with Crippen LogP contribution in [0.2, 0.25) is 0 Å². The second kappa shape index (κ2) is 4.32. The molecule has 5 heteroatoms. The second-order valence-corrected chi connectivity index (χ2v) is 4.31. The summed E-state index contributed by atoms with van der Waals surface area (Å²) in [5.74, 6) is -0.0717. The van der Waals surface area contributed by atoms with Crippen LogP contribution in [0.25, 0.3) is 0 Å². The highest BCUT2D eigenvalue weighted by atomic mass is 32.1. The zero-order chi connectivity index (χ0) is 11.5. The Hall–Kier alpha value is -1.88. The van der Waals surface area contributed by atoms with Gasteiger partial charge in [0.25, 0.3) is 5.91 Å². The first-order valence-corrected chi connectivity index (χ1v) is 5.55. The number of aromatic hydroxyl groups is 1. The molecule has 0 unspecified atom stereocenters. The zero-order valence-electron chi connectivity index (χ0n) is 8.60. The Morgan fingerprint density at radius 3 is 2.62 bits per heavy atom. The van der Waals surface area contributed by atoms with Crippen LogP contribution in [0.3, 0.4) is 0 Å². The maximum absolute atomic E-state index is 11.7. The lowest BCUT2D eigenvalue weighted by Crippen LogP contribution is -2.12. The first-order chi connectivity index (χ1) is 7.65. The van der Waals surface area contributed by atoms with E-state index in [4.69, 9.17) is 5.11 Å². The molecule has 0 aliphatic rings. The monoisotopic (exact) mass is 234 g/mol. The van der Waals surface area contributed by atoms with Crippen LogP contribution in [0, 0.1) is 6.92 Å². The molecule has 1 heterocycles. The van der Waals surface area contributed by atoms with E-state index in [1.807, 2.05) is 6.92 Å². The van der Waals surface area contributed by atoms with E-state index in [0.717, 1.165) is 5.01 Å². The molecule has 0 aliphatic heterocycles. The summed E-state index contributed by atoms with van der Waals surface area (Å²) < 4.78 is 0. The third-order valence-electron chi connectivity index (χ3n) is 1.98. The van der Waals surface area contributed by atoms with Crippen LogP contribution < -0.4 is 5.32 Å². The van der Waals surface area contributed by atoms with Crippen molar-refractivity contribution in [2.75, 3.05) is 5.32 Å². The molecule has 2 N–H and O–H groups in total. The third-order valence-corrected chi connectivity index (χ3v) is 2.75. The predicted molar refractivity (Wildman–Crippen MR) is 62.9 cm³/mol. The van der Waals surface area contributed by atoms with Gasteiger partial charge in [0.15, 0.2) is 0 Å². The standard InChI is InChI=1S/C11H10N2O2S/c1-7-12-10(6-16-7)11(15)13-8-2-4-9(14)5-3-8/h2-6,14H,1H3,(H,13,15). The van der Waals surface area contributed by atoms with Gasteiger partial charge >= 0.3 is 0 Å². The van der Waals surface area contributed by atoms with Gasteiger partial charge in [-0.2, -0.15) is 0 Å². The quantitative estimate of drug-likeness (QED) is 0.784. The average molecular weight is 234 g/mol. The number of carbonyl (C=O) groups excluding carboxylic acids is 1. The van der Waals surface area contributed by atoms with Gasteiger partial charge in [0.05, 0.1) is 5.01 Å². The fourth-order valence-corrected chi connectivity index (χ4v) is 1.80. The Morgan fingerprint density at radius 1 is 1.38 bits per heavy atom. The van der Waals surface area contributed by atoms with Crippen LogP contribution in [-0.4, -0.2) is 16.0 Å². The highest BCUT2D eigenvalue weighted by molar-refractivity contribution is 7.09. The number of phenolic OH excluding ortho intramolecular Hbond substituents is 1. The lowest BCUT2D eigenvalue weighted by atomic mass is 10.3. The molecule has 0 saturated carbocycles. The maximum Gasteiger partial charge on any atom is 0.275 e. The molecule has 82 valence electrons. The van der Waals surface area contributed by atoms with E-state index in [1.54, 1.807) is 17.5 Å². The Bertz CT molecular complexity index is 505. The second-order valence-electron chi connectivity index (χ2n) is 3.25. The Labute approximate surface area is 96.6 Å². The third kappa shape index (κ3) is 2.38. The molecule has 0 spiro atoms. The summed E-state index contributed by atoms with van der Waals surface area (Å²) in [7, 11) is 0. The van der Waals surface area contributed by atoms with Crippen molar-refractivity contribution in [3.05, 3.63) is 40.3 Å². The largest absolute Gasteiger partial charge is 0.508 e. The number of amides is 1. The van der Waals surface area contributed by atoms with Crippen molar-refractivity contribution in [2.24, 2.45) is 0 Å². The number of phenols is 1. The first-order valence-electron chi connectivity index (χ1n) is 4.67. The number of thiazole rings is 1. The first kappa shape index (κ1) is 10.6. The smallest absolute Gasteiger partial charge is 0.275 e. The summed E-state index contributed by atoms with van der Waals surface area (Å²) >= 11 is 1.43. The normalized spacial score (nSPS) is 10.1. The Morgan fingerprint density at radius 2 is 2.06 bits per heavy atom. The van der Waals surface area contributed by atoms with E-state index < -0.39 is 0 Å². The lowest BCUT2D eigenvalue weighted by Gasteiger charge is -2.02. The van der Waals surface area contributed by atoms with E-state index in [0.29, 0.717) is 11.4 Å². The molecule has 16 heavy (non-hydrogen) atoms. The van der Waals surface area contributed by atoms with Crippen LogP contribution in [0.1, 0.15) is 15.5 Å². The molecule has 0 saturated heterocycles. The van der Waals surface area contributed by atoms with Crippen molar-refractivity contribution < 1.29 is 9.90 Å². The van der Waals surface area contributed by atoms with Crippen molar-refractivity contribution in [1.29, 1.82) is 0 Å². The number of anilines is 1. The van der Waals surface area contributed by atoms with Gasteiger partial charge in [0, 0.05) is 11.1 Å². The predicted octanol–water partition coefficient (Wildman–Crippen LogP) is 2.41. The highest BCUT2D eigenvalue weighted by Crippen LogP contribution is 2.15. The van der Waals surface area contributed by atoms with E-state index >= 15 is 0 Å². The van der Waals surface area contributed by atoms with E-state index in [9.17, 15) is 4.79 Å². The van der Waals surface area contributed by atoms with E-state index in [1.165, 1.54) is 23.5 Å². The van der Waals surface area contributed by atoms with Gasteiger partial charge in [-0.25, -0.2) is 4.98 Å². The number of aryl methyl sites for hydroxylation is 1. The molecule has 0 aliphatic carbocycles. The summed E-state index contributed by atoms with van der Waals surface area (Å²) in [5, 5.41) is 14.4. The van der Waals surface area contributed by atoms with Gasteiger partial charge in [0.1, 0.15) is 11.4 Å². The topological polar surface area (TPSA) is 62.2 Å². The van der Waals surface area contributed by atoms with Crippen molar-refractivity contribution in [3.63, 3.8) is 0 Å². The van der Waals surface area contributed by atoms with Crippen LogP contribution in [0.5, 0.6) is 5.75 Å². The molecule has 0 fully saturated rings. The van der Waals surface area contributed by atoms with Crippen LogP contribution in [0.15, 0.2) is 29.6 Å². The number of hydrogen-bond donors (Lipinski definition) is 2. The summed E-state index contributed by atoms with van der Waals surface area (Å²) in [5.41, 5.74) is 1.05. The number of nitrogens with zero attached hydrogens (tertiary/aromatic N) is 1. The average Bonchev–Trinajstić information content (AvgIpc) is 2.68. The molecule has 0 radical (unpaired) electrons. The van der Waals surface area contributed by atoms with Gasteiger partial charge < -0.3 is 10.4 Å². The number of benzene rings is 1. The van der Waals surface area contributed by atoms with E-state index in [2.05, 4.69) is 10.3 Å². The fraction of sp³-hybridized carbons (Fsp3) is 0.0909.